The molecule has 120 valence electrons. The maximum absolute atomic E-state index is 6.40. The van der Waals surface area contributed by atoms with Crippen LogP contribution < -0.4 is 5.73 Å². The highest BCUT2D eigenvalue weighted by atomic mass is 35.5. The van der Waals surface area contributed by atoms with E-state index in [2.05, 4.69) is 30.1 Å². The van der Waals surface area contributed by atoms with Crippen LogP contribution in [0.3, 0.4) is 0 Å². The van der Waals surface area contributed by atoms with E-state index in [0.717, 1.165) is 31.2 Å². The Bertz CT molecular complexity index is 623. The molecule has 6 heteroatoms. The van der Waals surface area contributed by atoms with Gasteiger partial charge in [-0.15, -0.1) is 24.2 Å². The van der Waals surface area contributed by atoms with Crippen LogP contribution in [-0.4, -0.2) is 15.4 Å². The van der Waals surface area contributed by atoms with Crippen molar-refractivity contribution in [3.63, 3.8) is 0 Å². The number of hydrogen-bond donors (Lipinski definition) is 1. The second-order valence-electron chi connectivity index (χ2n) is 5.95. The number of halogens is 1. The van der Waals surface area contributed by atoms with Gasteiger partial charge in [0, 0.05) is 10.1 Å². The predicted molar refractivity (Wildman–Crippen MR) is 92.3 cm³/mol. The Morgan fingerprint density at radius 1 is 1.23 bits per heavy atom. The lowest BCUT2D eigenvalue weighted by atomic mass is 9.99. The van der Waals surface area contributed by atoms with Gasteiger partial charge in [-0.25, -0.2) is 0 Å². The van der Waals surface area contributed by atoms with Crippen LogP contribution in [0.1, 0.15) is 45.4 Å². The Labute approximate surface area is 141 Å². The van der Waals surface area contributed by atoms with Crippen LogP contribution in [0.25, 0.3) is 11.5 Å². The van der Waals surface area contributed by atoms with Gasteiger partial charge in [-0.2, -0.15) is 4.98 Å². The Hall–Kier alpha value is -1.04. The molecule has 0 saturated heterocycles. The van der Waals surface area contributed by atoms with E-state index in [1.807, 2.05) is 18.2 Å². The van der Waals surface area contributed by atoms with E-state index in [0.29, 0.717) is 17.0 Å². The van der Waals surface area contributed by atoms with Gasteiger partial charge in [0.25, 0.3) is 5.89 Å². The van der Waals surface area contributed by atoms with Crippen molar-refractivity contribution in [2.24, 2.45) is 5.73 Å². The second kappa shape index (κ2) is 7.02. The lowest BCUT2D eigenvalue weighted by molar-refractivity contribution is 0.372. The smallest absolute Gasteiger partial charge is 0.259 e. The average molecular weight is 340 g/mol. The molecule has 2 aromatic rings. The summed E-state index contributed by atoms with van der Waals surface area (Å²) >= 11 is 1.80. The predicted octanol–water partition coefficient (Wildman–Crippen LogP) is 4.39. The number of benzene rings is 1. The van der Waals surface area contributed by atoms with Gasteiger partial charge in [-0.05, 0) is 25.0 Å². The summed E-state index contributed by atoms with van der Waals surface area (Å²) < 4.78 is 5.50. The fourth-order valence-electron chi connectivity index (χ4n) is 2.76. The Balaban J connectivity index is 0.00000176. The Kier molecular flexibility index (Phi) is 5.53. The first kappa shape index (κ1) is 17.3. The lowest BCUT2D eigenvalue weighted by Crippen LogP contribution is -2.34. The fraction of sp³-hybridized carbons (Fsp3) is 0.500. The van der Waals surface area contributed by atoms with Gasteiger partial charge >= 0.3 is 0 Å². The minimum Gasteiger partial charge on any atom is -0.334 e. The van der Waals surface area contributed by atoms with Gasteiger partial charge in [0.2, 0.25) is 0 Å². The third kappa shape index (κ3) is 3.47. The highest BCUT2D eigenvalue weighted by molar-refractivity contribution is 8.00. The number of thioether (sulfide) groups is 1. The molecule has 4 nitrogen and oxygen atoms in total. The van der Waals surface area contributed by atoms with Crippen LogP contribution in [0.5, 0.6) is 0 Å². The van der Waals surface area contributed by atoms with E-state index >= 15 is 0 Å². The standard InChI is InChI=1S/C16H21N3OS.ClH/c1-11(2)21-13-8-4-3-7-12(13)14-18-15(19-20-14)16(17)9-5-6-10-16;/h3-4,7-8,11H,5-6,9-10,17H2,1-2H3;1H. The van der Waals surface area contributed by atoms with Crippen LogP contribution in [0.2, 0.25) is 0 Å². The molecule has 0 bridgehead atoms. The molecular weight excluding hydrogens is 318 g/mol. The van der Waals surface area contributed by atoms with E-state index < -0.39 is 5.54 Å². The van der Waals surface area contributed by atoms with Crippen molar-refractivity contribution >= 4 is 24.2 Å². The largest absolute Gasteiger partial charge is 0.334 e. The molecule has 1 aromatic heterocycles. The molecule has 1 aliphatic carbocycles. The van der Waals surface area contributed by atoms with Crippen LogP contribution in [0.4, 0.5) is 0 Å². The maximum Gasteiger partial charge on any atom is 0.259 e. The zero-order valence-electron chi connectivity index (χ0n) is 12.9. The molecule has 0 unspecified atom stereocenters. The molecule has 22 heavy (non-hydrogen) atoms. The zero-order valence-corrected chi connectivity index (χ0v) is 14.5. The van der Waals surface area contributed by atoms with E-state index in [9.17, 15) is 0 Å². The SMILES string of the molecule is CC(C)Sc1ccccc1-c1nc(C2(N)CCCC2)no1.Cl. The minimum absolute atomic E-state index is 0. The molecule has 1 saturated carbocycles. The van der Waals surface area contributed by atoms with Crippen molar-refractivity contribution in [1.29, 1.82) is 0 Å². The van der Waals surface area contributed by atoms with Gasteiger partial charge in [0.05, 0.1) is 11.1 Å². The summed E-state index contributed by atoms with van der Waals surface area (Å²) in [7, 11) is 0. The van der Waals surface area contributed by atoms with Gasteiger partial charge in [0.15, 0.2) is 5.82 Å². The van der Waals surface area contributed by atoms with E-state index in [-0.39, 0.29) is 12.4 Å². The van der Waals surface area contributed by atoms with Crippen molar-refractivity contribution in [3.05, 3.63) is 30.1 Å². The molecule has 0 spiro atoms. The monoisotopic (exact) mass is 339 g/mol. The van der Waals surface area contributed by atoms with Crippen molar-refractivity contribution in [2.45, 2.75) is 55.2 Å². The van der Waals surface area contributed by atoms with Crippen molar-refractivity contribution in [2.75, 3.05) is 0 Å². The first-order chi connectivity index (χ1) is 10.1. The molecule has 2 N–H and O–H groups in total. The highest BCUT2D eigenvalue weighted by Crippen LogP contribution is 2.37. The summed E-state index contributed by atoms with van der Waals surface area (Å²) in [6.07, 6.45) is 4.16. The summed E-state index contributed by atoms with van der Waals surface area (Å²) in [6.45, 7) is 4.35. The van der Waals surface area contributed by atoms with E-state index in [1.165, 1.54) is 4.90 Å². The topological polar surface area (TPSA) is 64.9 Å². The van der Waals surface area contributed by atoms with Gasteiger partial charge in [-0.3, -0.25) is 0 Å². The molecule has 1 aromatic carbocycles. The number of hydrogen-bond acceptors (Lipinski definition) is 5. The van der Waals surface area contributed by atoms with Gasteiger partial charge in [0.1, 0.15) is 0 Å². The van der Waals surface area contributed by atoms with Crippen LogP contribution >= 0.6 is 24.2 Å². The molecule has 1 fully saturated rings. The van der Waals surface area contributed by atoms with Crippen molar-refractivity contribution < 1.29 is 4.52 Å². The highest BCUT2D eigenvalue weighted by Gasteiger charge is 2.36. The molecule has 3 rings (SSSR count). The average Bonchev–Trinajstić information content (AvgIpc) is 3.08. The minimum atomic E-state index is -0.401. The zero-order chi connectivity index (χ0) is 14.9. The number of nitrogens with two attached hydrogens (primary N) is 1. The number of rotatable bonds is 4. The molecule has 0 atom stereocenters. The summed E-state index contributed by atoms with van der Waals surface area (Å²) in [5.74, 6) is 1.23. The summed E-state index contributed by atoms with van der Waals surface area (Å²) in [5, 5.41) is 4.65. The molecule has 0 amide bonds. The molecule has 0 radical (unpaired) electrons. The van der Waals surface area contributed by atoms with E-state index in [4.69, 9.17) is 10.3 Å². The van der Waals surface area contributed by atoms with Crippen molar-refractivity contribution in [3.8, 4) is 11.5 Å². The van der Waals surface area contributed by atoms with Gasteiger partial charge in [-0.1, -0.05) is 44.0 Å². The van der Waals surface area contributed by atoms with E-state index in [1.54, 1.807) is 11.8 Å². The van der Waals surface area contributed by atoms with Crippen LogP contribution in [0.15, 0.2) is 33.7 Å². The lowest BCUT2D eigenvalue weighted by Gasteiger charge is -2.17. The molecule has 0 aliphatic heterocycles. The Morgan fingerprint density at radius 3 is 2.59 bits per heavy atom. The number of aromatic nitrogens is 2. The van der Waals surface area contributed by atoms with Gasteiger partial charge < -0.3 is 10.3 Å². The molecule has 1 aliphatic rings. The quantitative estimate of drug-likeness (QED) is 0.837. The molecule has 1 heterocycles. The summed E-state index contributed by atoms with van der Waals surface area (Å²) in [6, 6.07) is 8.15. The normalized spacial score (nSPS) is 16.7. The maximum atomic E-state index is 6.40. The summed E-state index contributed by atoms with van der Waals surface area (Å²) in [5.41, 5.74) is 7.00. The number of nitrogens with zero attached hydrogens (tertiary/aromatic N) is 2. The van der Waals surface area contributed by atoms with Crippen molar-refractivity contribution in [1.82, 2.24) is 10.1 Å². The van der Waals surface area contributed by atoms with Crippen LogP contribution in [-0.2, 0) is 5.54 Å². The van der Waals surface area contributed by atoms with Crippen LogP contribution in [0, 0.1) is 0 Å². The summed E-state index contributed by atoms with van der Waals surface area (Å²) in [4.78, 5) is 5.75. The third-order valence-corrected chi connectivity index (χ3v) is 4.93. The third-order valence-electron chi connectivity index (χ3n) is 3.85. The first-order valence-corrected chi connectivity index (χ1v) is 8.35. The molecular formula is C16H22ClN3OS. The first-order valence-electron chi connectivity index (χ1n) is 7.48. The second-order valence-corrected chi connectivity index (χ2v) is 7.57. The fourth-order valence-corrected chi connectivity index (χ4v) is 3.71. The Morgan fingerprint density at radius 2 is 1.91 bits per heavy atom.